The van der Waals surface area contributed by atoms with E-state index in [1.54, 1.807) is 36.4 Å². The zero-order chi connectivity index (χ0) is 27.6. The number of furan rings is 1. The lowest BCUT2D eigenvalue weighted by Gasteiger charge is -2.57. The third-order valence-corrected chi connectivity index (χ3v) is 9.15. The van der Waals surface area contributed by atoms with Gasteiger partial charge < -0.3 is 4.42 Å². The van der Waals surface area contributed by atoms with Crippen LogP contribution in [0.1, 0.15) is 49.8 Å². The van der Waals surface area contributed by atoms with Gasteiger partial charge in [0, 0.05) is 17.7 Å². The summed E-state index contributed by atoms with van der Waals surface area (Å²) < 4.78 is 5.79. The number of hydrogen-bond acceptors (Lipinski definition) is 6. The van der Waals surface area contributed by atoms with Crippen LogP contribution in [0.2, 0.25) is 0 Å². The van der Waals surface area contributed by atoms with E-state index in [2.05, 4.69) is 5.32 Å². The number of carbonyl (C=O) groups excluding carboxylic acids is 3. The minimum atomic E-state index is -0.801. The van der Waals surface area contributed by atoms with Crippen molar-refractivity contribution in [3.8, 4) is 11.3 Å². The highest BCUT2D eigenvalue weighted by molar-refractivity contribution is 6.39. The van der Waals surface area contributed by atoms with Crippen LogP contribution < -0.4 is 10.2 Å². The van der Waals surface area contributed by atoms with Crippen LogP contribution in [-0.4, -0.2) is 22.8 Å². The molecule has 4 bridgehead atoms. The average Bonchev–Trinajstić information content (AvgIpc) is 3.39. The summed E-state index contributed by atoms with van der Waals surface area (Å²) in [6, 6.07) is 16.0. The lowest BCUT2D eigenvalue weighted by molar-refractivity contribution is -0.384. The largest absolute Gasteiger partial charge is 0.457 e. The van der Waals surface area contributed by atoms with E-state index in [1.165, 1.54) is 62.3 Å². The Morgan fingerprint density at radius 3 is 2.10 bits per heavy atom. The van der Waals surface area contributed by atoms with Gasteiger partial charge in [-0.05, 0) is 110 Å². The molecule has 202 valence electrons. The van der Waals surface area contributed by atoms with Gasteiger partial charge in [-0.1, -0.05) is 12.1 Å². The van der Waals surface area contributed by atoms with Crippen LogP contribution in [0.4, 0.5) is 16.2 Å². The Bertz CT molecular complexity index is 1550. The molecule has 40 heavy (non-hydrogen) atoms. The third kappa shape index (κ3) is 4.04. The minimum Gasteiger partial charge on any atom is -0.457 e. The molecule has 2 heterocycles. The van der Waals surface area contributed by atoms with Crippen molar-refractivity contribution in [3.63, 3.8) is 0 Å². The van der Waals surface area contributed by atoms with Crippen LogP contribution in [0.25, 0.3) is 17.4 Å². The van der Waals surface area contributed by atoms with Crippen molar-refractivity contribution >= 4 is 35.3 Å². The summed E-state index contributed by atoms with van der Waals surface area (Å²) in [7, 11) is 0. The Morgan fingerprint density at radius 2 is 1.50 bits per heavy atom. The number of carbonyl (C=O) groups is 3. The van der Waals surface area contributed by atoms with Crippen LogP contribution in [-0.2, 0) is 15.0 Å². The first kappa shape index (κ1) is 24.5. The Morgan fingerprint density at radius 1 is 0.875 bits per heavy atom. The summed E-state index contributed by atoms with van der Waals surface area (Å²) in [5.74, 6) is 1.54. The minimum absolute atomic E-state index is 0.0437. The maximum absolute atomic E-state index is 13.4. The lowest BCUT2D eigenvalue weighted by atomic mass is 9.48. The predicted molar refractivity (Wildman–Crippen MR) is 146 cm³/mol. The molecule has 3 aromatic rings. The molecule has 5 fully saturated rings. The number of anilines is 1. The second kappa shape index (κ2) is 9.01. The molecule has 9 heteroatoms. The Kier molecular flexibility index (Phi) is 5.52. The predicted octanol–water partition coefficient (Wildman–Crippen LogP) is 5.99. The zero-order valence-corrected chi connectivity index (χ0v) is 21.7. The molecule has 0 unspecified atom stereocenters. The maximum Gasteiger partial charge on any atom is 0.335 e. The number of barbiturate groups is 1. The van der Waals surface area contributed by atoms with E-state index in [9.17, 15) is 24.5 Å². The molecule has 0 radical (unpaired) electrons. The van der Waals surface area contributed by atoms with Gasteiger partial charge in [-0.2, -0.15) is 0 Å². The fourth-order valence-electron chi connectivity index (χ4n) is 7.80. The average molecular weight is 538 g/mol. The number of imide groups is 2. The van der Waals surface area contributed by atoms with Gasteiger partial charge in [-0.3, -0.25) is 25.0 Å². The number of benzene rings is 2. The van der Waals surface area contributed by atoms with Gasteiger partial charge in [-0.25, -0.2) is 9.69 Å². The molecule has 1 aliphatic heterocycles. The molecule has 0 atom stereocenters. The van der Waals surface area contributed by atoms with Crippen molar-refractivity contribution in [2.45, 2.75) is 43.9 Å². The summed E-state index contributed by atoms with van der Waals surface area (Å²) in [5.41, 5.74) is 2.21. The molecule has 4 saturated carbocycles. The van der Waals surface area contributed by atoms with E-state index in [1.807, 2.05) is 12.1 Å². The van der Waals surface area contributed by atoms with E-state index in [-0.39, 0.29) is 22.4 Å². The van der Waals surface area contributed by atoms with Gasteiger partial charge in [0.25, 0.3) is 17.5 Å². The molecule has 1 N–H and O–H groups in total. The lowest BCUT2D eigenvalue weighted by Crippen LogP contribution is -2.54. The topological polar surface area (TPSA) is 123 Å². The number of amides is 4. The maximum atomic E-state index is 13.4. The van der Waals surface area contributed by atoms with E-state index < -0.39 is 22.8 Å². The Labute approximate surface area is 230 Å². The molecule has 1 saturated heterocycles. The molecule has 4 amide bonds. The fraction of sp³-hybridized carbons (Fsp3) is 0.323. The third-order valence-electron chi connectivity index (χ3n) is 9.15. The monoisotopic (exact) mass is 537 g/mol. The molecular formula is C31H27N3O6. The van der Waals surface area contributed by atoms with E-state index >= 15 is 0 Å². The highest BCUT2D eigenvalue weighted by atomic mass is 16.6. The van der Waals surface area contributed by atoms with Gasteiger partial charge in [-0.15, -0.1) is 0 Å². The molecule has 1 aromatic heterocycles. The number of urea groups is 1. The SMILES string of the molecule is O=C1NC(=O)N(c2ccc(C34CC5CC(CC(C5)C3)C4)cc2)C(=O)/C1=C\c1ccc(-c2ccc([N+](=O)[O-])cc2)o1. The summed E-state index contributed by atoms with van der Waals surface area (Å²) >= 11 is 0. The zero-order valence-electron chi connectivity index (χ0n) is 21.7. The van der Waals surface area contributed by atoms with Gasteiger partial charge >= 0.3 is 6.03 Å². The first-order valence-corrected chi connectivity index (χ1v) is 13.6. The number of nitro groups is 1. The van der Waals surface area contributed by atoms with Gasteiger partial charge in [0.1, 0.15) is 17.1 Å². The van der Waals surface area contributed by atoms with Crippen molar-refractivity contribution in [2.75, 3.05) is 4.90 Å². The summed E-state index contributed by atoms with van der Waals surface area (Å²) in [5, 5.41) is 13.2. The van der Waals surface area contributed by atoms with Gasteiger partial charge in [0.05, 0.1) is 10.6 Å². The first-order chi connectivity index (χ1) is 19.3. The van der Waals surface area contributed by atoms with Crippen molar-refractivity contribution in [1.82, 2.24) is 5.32 Å². The van der Waals surface area contributed by atoms with Crippen LogP contribution in [0.5, 0.6) is 0 Å². The summed E-state index contributed by atoms with van der Waals surface area (Å²) in [4.78, 5) is 50.2. The van der Waals surface area contributed by atoms with Gasteiger partial charge in [0.2, 0.25) is 0 Å². The molecular weight excluding hydrogens is 510 g/mol. The molecule has 8 rings (SSSR count). The second-order valence-electron chi connectivity index (χ2n) is 11.7. The molecule has 9 nitrogen and oxygen atoms in total. The number of rotatable bonds is 5. The van der Waals surface area contributed by atoms with Crippen molar-refractivity contribution in [2.24, 2.45) is 17.8 Å². The highest BCUT2D eigenvalue weighted by Gasteiger charge is 2.51. The van der Waals surface area contributed by atoms with E-state index in [4.69, 9.17) is 4.42 Å². The standard InChI is InChI=1S/C31H27N3O6/c35-28-26(14-25-9-10-27(40-25)21-1-5-24(6-2-21)34(38)39)29(36)33(30(37)32-28)23-7-3-22(4-8-23)31-15-18-11-19(16-31)13-20(12-18)17-31/h1-10,14,18-20H,11-13,15-17H2,(H,32,35,37)/b26-14-. The smallest absolute Gasteiger partial charge is 0.335 e. The number of nitro benzene ring substituents is 1. The van der Waals surface area contributed by atoms with Crippen molar-refractivity contribution in [1.29, 1.82) is 0 Å². The quantitative estimate of drug-likeness (QED) is 0.185. The Hall–Kier alpha value is -4.53. The second-order valence-corrected chi connectivity index (χ2v) is 11.7. The van der Waals surface area contributed by atoms with E-state index in [0.717, 1.165) is 22.7 Å². The van der Waals surface area contributed by atoms with E-state index in [0.29, 0.717) is 17.0 Å². The van der Waals surface area contributed by atoms with Crippen LogP contribution >= 0.6 is 0 Å². The highest BCUT2D eigenvalue weighted by Crippen LogP contribution is 2.60. The first-order valence-electron chi connectivity index (χ1n) is 13.6. The Balaban J connectivity index is 1.13. The fourth-order valence-corrected chi connectivity index (χ4v) is 7.80. The number of nitrogens with zero attached hydrogens (tertiary/aromatic N) is 2. The van der Waals surface area contributed by atoms with Gasteiger partial charge in [0.15, 0.2) is 0 Å². The molecule has 5 aliphatic rings. The van der Waals surface area contributed by atoms with Crippen molar-refractivity contribution < 1.29 is 23.7 Å². The van der Waals surface area contributed by atoms with Crippen molar-refractivity contribution in [3.05, 3.63) is 87.7 Å². The molecule has 2 aromatic carbocycles. The number of nitrogens with one attached hydrogen (secondary N) is 1. The normalized spacial score (nSPS) is 28.3. The molecule has 0 spiro atoms. The molecule has 4 aliphatic carbocycles. The number of non-ortho nitro benzene ring substituents is 1. The van der Waals surface area contributed by atoms with Crippen LogP contribution in [0.15, 0.2) is 70.7 Å². The van der Waals surface area contributed by atoms with Crippen LogP contribution in [0, 0.1) is 27.9 Å². The number of hydrogen-bond donors (Lipinski definition) is 1. The summed E-state index contributed by atoms with van der Waals surface area (Å²) in [6.07, 6.45) is 9.02. The summed E-state index contributed by atoms with van der Waals surface area (Å²) in [6.45, 7) is 0. The van der Waals surface area contributed by atoms with Crippen LogP contribution in [0.3, 0.4) is 0 Å².